The lowest BCUT2D eigenvalue weighted by Gasteiger charge is -2.19. The summed E-state index contributed by atoms with van der Waals surface area (Å²) in [6.07, 6.45) is 8.60. The lowest BCUT2D eigenvalue weighted by Crippen LogP contribution is -2.12. The lowest BCUT2D eigenvalue weighted by molar-refractivity contribution is 0.0698. The summed E-state index contributed by atoms with van der Waals surface area (Å²) in [5, 5.41) is 9.79. The standard InChI is InChI=1S/C14H16N2O2S/c17-14(18)12-5-3-6-16-9-10(15-13(12)16)8-11-4-1-2-7-19-11/h3,5-6,9,11H,1-2,4,7-8H2,(H,17,18). The number of pyridine rings is 1. The molecule has 100 valence electrons. The van der Waals surface area contributed by atoms with Crippen LogP contribution in [0, 0.1) is 0 Å². The fourth-order valence-corrected chi connectivity index (χ4v) is 3.86. The number of carboxylic acid groups (broad SMARTS) is 1. The molecule has 4 nitrogen and oxygen atoms in total. The number of carbonyl (C=O) groups is 1. The number of hydrogen-bond donors (Lipinski definition) is 1. The van der Waals surface area contributed by atoms with Crippen LogP contribution < -0.4 is 0 Å². The molecule has 1 aliphatic heterocycles. The van der Waals surface area contributed by atoms with Crippen LogP contribution in [-0.4, -0.2) is 31.5 Å². The number of rotatable bonds is 3. The van der Waals surface area contributed by atoms with Gasteiger partial charge in [0.2, 0.25) is 0 Å². The van der Waals surface area contributed by atoms with Crippen LogP contribution >= 0.6 is 11.8 Å². The average molecular weight is 276 g/mol. The summed E-state index contributed by atoms with van der Waals surface area (Å²) < 4.78 is 1.81. The topological polar surface area (TPSA) is 54.6 Å². The zero-order chi connectivity index (χ0) is 13.2. The molecule has 3 rings (SSSR count). The summed E-state index contributed by atoms with van der Waals surface area (Å²) in [6.45, 7) is 0. The molecule has 1 N–H and O–H groups in total. The first-order valence-corrected chi connectivity index (χ1v) is 7.60. The summed E-state index contributed by atoms with van der Waals surface area (Å²) in [7, 11) is 0. The second-order valence-corrected chi connectivity index (χ2v) is 6.29. The predicted octanol–water partition coefficient (Wildman–Crippen LogP) is 2.86. The maximum atomic E-state index is 11.2. The number of thioether (sulfide) groups is 1. The van der Waals surface area contributed by atoms with Gasteiger partial charge in [0.05, 0.1) is 5.69 Å². The molecule has 0 spiro atoms. The molecule has 2 aromatic rings. The van der Waals surface area contributed by atoms with E-state index in [9.17, 15) is 4.79 Å². The number of aromatic nitrogens is 2. The Kier molecular flexibility index (Phi) is 3.46. The fourth-order valence-electron chi connectivity index (χ4n) is 2.53. The second-order valence-electron chi connectivity index (χ2n) is 4.88. The first-order chi connectivity index (χ1) is 9.24. The van der Waals surface area contributed by atoms with E-state index in [1.54, 1.807) is 12.1 Å². The molecule has 0 aromatic carbocycles. The zero-order valence-corrected chi connectivity index (χ0v) is 11.4. The van der Waals surface area contributed by atoms with E-state index in [0.29, 0.717) is 10.9 Å². The molecule has 1 saturated heterocycles. The SMILES string of the molecule is O=C(O)c1cccn2cc(CC3CCCCS3)nc12. The van der Waals surface area contributed by atoms with Crippen molar-refractivity contribution in [3.8, 4) is 0 Å². The van der Waals surface area contributed by atoms with Crippen molar-refractivity contribution >= 4 is 23.4 Å². The van der Waals surface area contributed by atoms with Gasteiger partial charge in [-0.1, -0.05) is 6.42 Å². The van der Waals surface area contributed by atoms with Gasteiger partial charge in [0.15, 0.2) is 5.65 Å². The van der Waals surface area contributed by atoms with Gasteiger partial charge in [-0.2, -0.15) is 11.8 Å². The first-order valence-electron chi connectivity index (χ1n) is 6.55. The van der Waals surface area contributed by atoms with Crippen LogP contribution in [0.25, 0.3) is 5.65 Å². The van der Waals surface area contributed by atoms with Crippen molar-refractivity contribution in [2.75, 3.05) is 5.75 Å². The maximum Gasteiger partial charge on any atom is 0.339 e. The minimum atomic E-state index is -0.921. The molecular weight excluding hydrogens is 260 g/mol. The van der Waals surface area contributed by atoms with E-state index in [2.05, 4.69) is 4.98 Å². The van der Waals surface area contributed by atoms with Gasteiger partial charge in [-0.05, 0) is 30.7 Å². The van der Waals surface area contributed by atoms with E-state index in [-0.39, 0.29) is 5.56 Å². The third-order valence-corrected chi connectivity index (χ3v) is 4.87. The minimum Gasteiger partial charge on any atom is -0.478 e. The summed E-state index contributed by atoms with van der Waals surface area (Å²) >= 11 is 2.01. The Labute approximate surface area is 115 Å². The summed E-state index contributed by atoms with van der Waals surface area (Å²) in [5.41, 5.74) is 1.81. The summed E-state index contributed by atoms with van der Waals surface area (Å²) in [4.78, 5) is 15.7. The highest BCUT2D eigenvalue weighted by atomic mass is 32.2. The van der Waals surface area contributed by atoms with E-state index in [1.807, 2.05) is 28.6 Å². The third kappa shape index (κ3) is 2.61. The molecule has 0 amide bonds. The van der Waals surface area contributed by atoms with Crippen molar-refractivity contribution in [3.63, 3.8) is 0 Å². The molecule has 0 radical (unpaired) electrons. The Morgan fingerprint density at radius 3 is 3.16 bits per heavy atom. The number of carboxylic acids is 1. The molecule has 0 saturated carbocycles. The van der Waals surface area contributed by atoms with Crippen LogP contribution in [0.2, 0.25) is 0 Å². The molecular formula is C14H16N2O2S. The van der Waals surface area contributed by atoms with E-state index < -0.39 is 5.97 Å². The van der Waals surface area contributed by atoms with Gasteiger partial charge in [-0.25, -0.2) is 9.78 Å². The molecule has 0 aliphatic carbocycles. The van der Waals surface area contributed by atoms with Crippen molar-refractivity contribution in [3.05, 3.63) is 35.8 Å². The molecule has 5 heteroatoms. The number of nitrogens with zero attached hydrogens (tertiary/aromatic N) is 2. The van der Waals surface area contributed by atoms with Gasteiger partial charge in [0.1, 0.15) is 5.56 Å². The number of fused-ring (bicyclic) bond motifs is 1. The fraction of sp³-hybridized carbons (Fsp3) is 0.429. The van der Waals surface area contributed by atoms with Crippen LogP contribution in [0.1, 0.15) is 35.3 Å². The highest BCUT2D eigenvalue weighted by Gasteiger charge is 2.17. The van der Waals surface area contributed by atoms with E-state index >= 15 is 0 Å². The van der Waals surface area contributed by atoms with Crippen molar-refractivity contribution in [1.82, 2.24) is 9.38 Å². The minimum absolute atomic E-state index is 0.269. The molecule has 1 atom stereocenters. The molecule has 3 heterocycles. The van der Waals surface area contributed by atoms with Gasteiger partial charge in [0.25, 0.3) is 0 Å². The van der Waals surface area contributed by atoms with Crippen LogP contribution in [-0.2, 0) is 6.42 Å². The highest BCUT2D eigenvalue weighted by Crippen LogP contribution is 2.27. The Morgan fingerprint density at radius 1 is 1.53 bits per heavy atom. The van der Waals surface area contributed by atoms with E-state index in [4.69, 9.17) is 5.11 Å². The Bertz CT molecular complexity index is 603. The normalized spacial score (nSPS) is 19.7. The van der Waals surface area contributed by atoms with Crippen LogP contribution in [0.4, 0.5) is 0 Å². The van der Waals surface area contributed by atoms with Gasteiger partial charge in [0, 0.05) is 24.1 Å². The Balaban J connectivity index is 1.88. The van der Waals surface area contributed by atoms with Crippen molar-refractivity contribution < 1.29 is 9.90 Å². The monoisotopic (exact) mass is 276 g/mol. The first kappa shape index (κ1) is 12.5. The number of aromatic carboxylic acids is 1. The average Bonchev–Trinajstić information content (AvgIpc) is 2.81. The quantitative estimate of drug-likeness (QED) is 0.936. The van der Waals surface area contributed by atoms with Gasteiger partial charge in [-0.3, -0.25) is 0 Å². The maximum absolute atomic E-state index is 11.2. The smallest absolute Gasteiger partial charge is 0.339 e. The van der Waals surface area contributed by atoms with Crippen molar-refractivity contribution in [2.24, 2.45) is 0 Å². The van der Waals surface area contributed by atoms with Crippen LogP contribution in [0.5, 0.6) is 0 Å². The molecule has 1 unspecified atom stereocenters. The number of imidazole rings is 1. The van der Waals surface area contributed by atoms with Crippen LogP contribution in [0.3, 0.4) is 0 Å². The lowest BCUT2D eigenvalue weighted by atomic mass is 10.1. The zero-order valence-electron chi connectivity index (χ0n) is 10.6. The predicted molar refractivity (Wildman–Crippen MR) is 76.0 cm³/mol. The Morgan fingerprint density at radius 2 is 2.42 bits per heavy atom. The number of hydrogen-bond acceptors (Lipinski definition) is 3. The highest BCUT2D eigenvalue weighted by molar-refractivity contribution is 7.99. The molecule has 1 fully saturated rings. The largest absolute Gasteiger partial charge is 0.478 e. The van der Waals surface area contributed by atoms with Gasteiger partial charge in [-0.15, -0.1) is 0 Å². The van der Waals surface area contributed by atoms with Crippen molar-refractivity contribution in [1.29, 1.82) is 0 Å². The van der Waals surface area contributed by atoms with E-state index in [1.165, 1.54) is 25.0 Å². The Hall–Kier alpha value is -1.49. The molecule has 19 heavy (non-hydrogen) atoms. The summed E-state index contributed by atoms with van der Waals surface area (Å²) in [5.74, 6) is 0.313. The molecule has 1 aliphatic rings. The molecule has 2 aromatic heterocycles. The third-order valence-electron chi connectivity index (χ3n) is 3.47. The van der Waals surface area contributed by atoms with E-state index in [0.717, 1.165) is 12.1 Å². The summed E-state index contributed by atoms with van der Waals surface area (Å²) in [6, 6.07) is 3.35. The van der Waals surface area contributed by atoms with Crippen LogP contribution in [0.15, 0.2) is 24.5 Å². The van der Waals surface area contributed by atoms with Crippen molar-refractivity contribution in [2.45, 2.75) is 30.9 Å². The van der Waals surface area contributed by atoms with Gasteiger partial charge >= 0.3 is 5.97 Å². The molecule has 0 bridgehead atoms. The van der Waals surface area contributed by atoms with Gasteiger partial charge < -0.3 is 9.51 Å². The second kappa shape index (κ2) is 5.25.